The molecule has 2 saturated heterocycles. The zero-order valence-corrected chi connectivity index (χ0v) is 15.7. The average Bonchev–Trinajstić information content (AvgIpc) is 3.10. The monoisotopic (exact) mass is 340 g/mol. The van der Waals surface area contributed by atoms with Crippen LogP contribution in [0.5, 0.6) is 0 Å². The summed E-state index contributed by atoms with van der Waals surface area (Å²) in [6, 6.07) is 0.533. The third-order valence-electron chi connectivity index (χ3n) is 4.82. The van der Waals surface area contributed by atoms with Crippen molar-refractivity contribution in [3.8, 4) is 0 Å². The third kappa shape index (κ3) is 6.95. The second-order valence-corrected chi connectivity index (χ2v) is 7.24. The molecule has 2 aliphatic heterocycles. The van der Waals surface area contributed by atoms with Crippen molar-refractivity contribution in [2.75, 3.05) is 53.0 Å². The summed E-state index contributed by atoms with van der Waals surface area (Å²) in [5.74, 6) is 1.59. The van der Waals surface area contributed by atoms with Crippen molar-refractivity contribution >= 4 is 5.96 Å². The fourth-order valence-corrected chi connectivity index (χ4v) is 3.51. The zero-order chi connectivity index (χ0) is 17.2. The maximum Gasteiger partial charge on any atom is 0.191 e. The van der Waals surface area contributed by atoms with Gasteiger partial charge in [-0.2, -0.15) is 0 Å². The van der Waals surface area contributed by atoms with Crippen LogP contribution < -0.4 is 10.6 Å². The molecule has 0 spiro atoms. The molecule has 0 aliphatic carbocycles. The number of rotatable bonds is 8. The Balaban J connectivity index is 1.72. The number of ether oxygens (including phenoxy) is 2. The minimum Gasteiger partial charge on any atom is -0.379 e. The van der Waals surface area contributed by atoms with Gasteiger partial charge in [0.1, 0.15) is 0 Å². The molecule has 0 saturated carbocycles. The highest BCUT2D eigenvalue weighted by Crippen LogP contribution is 2.14. The van der Waals surface area contributed by atoms with E-state index in [9.17, 15) is 0 Å². The number of guanidine groups is 1. The molecule has 6 nitrogen and oxygen atoms in total. The Morgan fingerprint density at radius 1 is 1.21 bits per heavy atom. The lowest BCUT2D eigenvalue weighted by Crippen LogP contribution is -2.51. The van der Waals surface area contributed by atoms with Crippen LogP contribution in [0.3, 0.4) is 0 Å². The van der Waals surface area contributed by atoms with Crippen LogP contribution in [-0.2, 0) is 9.47 Å². The van der Waals surface area contributed by atoms with Crippen LogP contribution in [0.2, 0.25) is 0 Å². The molecule has 0 radical (unpaired) electrons. The maximum absolute atomic E-state index is 5.67. The number of hydrogen-bond acceptors (Lipinski definition) is 4. The van der Waals surface area contributed by atoms with Crippen LogP contribution in [-0.4, -0.2) is 76.1 Å². The van der Waals surface area contributed by atoms with Crippen LogP contribution in [0.4, 0.5) is 0 Å². The topological polar surface area (TPSA) is 58.1 Å². The van der Waals surface area contributed by atoms with Crippen molar-refractivity contribution in [3.05, 3.63) is 0 Å². The first kappa shape index (κ1) is 19.5. The van der Waals surface area contributed by atoms with E-state index >= 15 is 0 Å². The minimum absolute atomic E-state index is 0.428. The molecule has 0 amide bonds. The normalized spacial score (nSPS) is 24.3. The number of hydrogen-bond donors (Lipinski definition) is 2. The van der Waals surface area contributed by atoms with Crippen molar-refractivity contribution in [1.82, 2.24) is 15.5 Å². The van der Waals surface area contributed by atoms with Gasteiger partial charge in [-0.05, 0) is 31.6 Å². The van der Waals surface area contributed by atoms with Crippen LogP contribution >= 0.6 is 0 Å². The van der Waals surface area contributed by atoms with Crippen LogP contribution in [0.15, 0.2) is 4.99 Å². The molecule has 0 aromatic heterocycles. The van der Waals surface area contributed by atoms with Crippen molar-refractivity contribution in [3.63, 3.8) is 0 Å². The molecule has 2 N–H and O–H groups in total. The molecule has 2 heterocycles. The van der Waals surface area contributed by atoms with E-state index < -0.39 is 0 Å². The summed E-state index contributed by atoms with van der Waals surface area (Å²) in [7, 11) is 1.84. The summed E-state index contributed by atoms with van der Waals surface area (Å²) < 4.78 is 11.2. The first-order valence-electron chi connectivity index (χ1n) is 9.57. The lowest BCUT2D eigenvalue weighted by Gasteiger charge is -2.35. The summed E-state index contributed by atoms with van der Waals surface area (Å²) in [5.41, 5.74) is 0. The Morgan fingerprint density at radius 2 is 2.00 bits per heavy atom. The Kier molecular flexibility index (Phi) is 8.84. The Hall–Kier alpha value is -0.850. The van der Waals surface area contributed by atoms with Gasteiger partial charge in [-0.15, -0.1) is 0 Å². The van der Waals surface area contributed by atoms with E-state index in [0.717, 1.165) is 58.4 Å². The second kappa shape index (κ2) is 10.9. The van der Waals surface area contributed by atoms with Crippen molar-refractivity contribution in [2.24, 2.45) is 10.9 Å². The Morgan fingerprint density at radius 3 is 2.62 bits per heavy atom. The minimum atomic E-state index is 0.428. The van der Waals surface area contributed by atoms with E-state index in [-0.39, 0.29) is 0 Å². The first-order valence-corrected chi connectivity index (χ1v) is 9.57. The summed E-state index contributed by atoms with van der Waals surface area (Å²) in [5, 5.41) is 6.94. The molecule has 2 rings (SSSR count). The van der Waals surface area contributed by atoms with Crippen LogP contribution in [0.1, 0.15) is 39.5 Å². The van der Waals surface area contributed by atoms with Gasteiger partial charge in [-0.3, -0.25) is 9.89 Å². The van der Waals surface area contributed by atoms with Gasteiger partial charge in [0.25, 0.3) is 0 Å². The smallest absolute Gasteiger partial charge is 0.191 e. The highest BCUT2D eigenvalue weighted by Gasteiger charge is 2.22. The molecule has 140 valence electrons. The van der Waals surface area contributed by atoms with Crippen LogP contribution in [0, 0.1) is 5.92 Å². The van der Waals surface area contributed by atoms with Crippen molar-refractivity contribution < 1.29 is 9.47 Å². The van der Waals surface area contributed by atoms with E-state index in [0.29, 0.717) is 18.1 Å². The van der Waals surface area contributed by atoms with Gasteiger partial charge >= 0.3 is 0 Å². The molecule has 2 unspecified atom stereocenters. The number of nitrogens with zero attached hydrogens (tertiary/aromatic N) is 2. The largest absolute Gasteiger partial charge is 0.379 e. The van der Waals surface area contributed by atoms with Gasteiger partial charge in [-0.1, -0.05) is 13.8 Å². The highest BCUT2D eigenvalue weighted by atomic mass is 16.5. The molecule has 0 aromatic rings. The molecule has 2 atom stereocenters. The summed E-state index contributed by atoms with van der Waals surface area (Å²) in [6.45, 7) is 11.1. The van der Waals surface area contributed by atoms with Crippen LogP contribution in [0.25, 0.3) is 0 Å². The molecule has 2 fully saturated rings. The van der Waals surface area contributed by atoms with Gasteiger partial charge in [0, 0.05) is 45.9 Å². The van der Waals surface area contributed by atoms with E-state index in [1.165, 1.54) is 19.3 Å². The van der Waals surface area contributed by atoms with Gasteiger partial charge in [-0.25, -0.2) is 0 Å². The van der Waals surface area contributed by atoms with E-state index in [2.05, 4.69) is 34.4 Å². The van der Waals surface area contributed by atoms with Crippen molar-refractivity contribution in [1.29, 1.82) is 0 Å². The highest BCUT2D eigenvalue weighted by molar-refractivity contribution is 5.79. The van der Waals surface area contributed by atoms with E-state index in [4.69, 9.17) is 9.47 Å². The van der Waals surface area contributed by atoms with E-state index in [1.807, 2.05) is 7.05 Å². The average molecular weight is 341 g/mol. The SMILES string of the molecule is CN=C(NCCC1CCCO1)NCC(CC(C)C)N1CCOCC1. The molecular weight excluding hydrogens is 304 g/mol. The molecule has 24 heavy (non-hydrogen) atoms. The predicted molar refractivity (Wildman–Crippen MR) is 98.6 cm³/mol. The fraction of sp³-hybridized carbons (Fsp3) is 0.944. The molecule has 2 aliphatic rings. The predicted octanol–water partition coefficient (Wildman–Crippen LogP) is 1.47. The lowest BCUT2D eigenvalue weighted by molar-refractivity contribution is 0.0132. The molecule has 0 aromatic carbocycles. The summed E-state index contributed by atoms with van der Waals surface area (Å²) in [4.78, 5) is 6.91. The molecule has 0 bridgehead atoms. The zero-order valence-electron chi connectivity index (χ0n) is 15.7. The second-order valence-electron chi connectivity index (χ2n) is 7.24. The fourth-order valence-electron chi connectivity index (χ4n) is 3.51. The standard InChI is InChI=1S/C18H36N4O2/c1-15(2)13-16(22-8-11-23-12-9-22)14-21-18(19-3)20-7-6-17-5-4-10-24-17/h15-17H,4-14H2,1-3H3,(H2,19,20,21). The third-order valence-corrected chi connectivity index (χ3v) is 4.82. The molecule has 6 heteroatoms. The Labute approximate surface area is 147 Å². The number of nitrogens with one attached hydrogen (secondary N) is 2. The van der Waals surface area contributed by atoms with E-state index in [1.54, 1.807) is 0 Å². The first-order chi connectivity index (χ1) is 11.7. The summed E-state index contributed by atoms with van der Waals surface area (Å²) in [6.07, 6.45) is 5.08. The van der Waals surface area contributed by atoms with Gasteiger partial charge < -0.3 is 20.1 Å². The Bertz CT molecular complexity index is 364. The van der Waals surface area contributed by atoms with Gasteiger partial charge in [0.05, 0.1) is 19.3 Å². The number of morpholine rings is 1. The lowest BCUT2D eigenvalue weighted by atomic mass is 10.0. The quantitative estimate of drug-likeness (QED) is 0.518. The van der Waals surface area contributed by atoms with Gasteiger partial charge in [0.15, 0.2) is 5.96 Å². The molecular formula is C18H36N4O2. The summed E-state index contributed by atoms with van der Waals surface area (Å²) >= 11 is 0. The maximum atomic E-state index is 5.67. The number of aliphatic imine (C=N–C) groups is 1. The van der Waals surface area contributed by atoms with Crippen molar-refractivity contribution in [2.45, 2.75) is 51.7 Å². The van der Waals surface area contributed by atoms with Gasteiger partial charge in [0.2, 0.25) is 0 Å².